The van der Waals surface area contributed by atoms with Crippen LogP contribution >= 0.6 is 0 Å². The van der Waals surface area contributed by atoms with Gasteiger partial charge in [0, 0.05) is 60.8 Å². The summed E-state index contributed by atoms with van der Waals surface area (Å²) in [6, 6.07) is 84.8. The molecule has 3 heterocycles. The van der Waals surface area contributed by atoms with Crippen LogP contribution in [0, 0.1) is 0 Å². The van der Waals surface area contributed by atoms with Crippen LogP contribution in [0.2, 0.25) is 0 Å². The van der Waals surface area contributed by atoms with Gasteiger partial charge in [0.25, 0.3) is 0 Å². The molecule has 0 radical (unpaired) electrons. The third kappa shape index (κ3) is 5.63. The van der Waals surface area contributed by atoms with Crippen LogP contribution < -0.4 is 4.90 Å². The first-order chi connectivity index (χ1) is 31.8. The predicted molar refractivity (Wildman–Crippen MR) is 268 cm³/mol. The third-order valence-corrected chi connectivity index (χ3v) is 12.9. The van der Waals surface area contributed by atoms with Crippen LogP contribution in [-0.4, -0.2) is 9.13 Å². The average molecular weight is 818 g/mol. The summed E-state index contributed by atoms with van der Waals surface area (Å²) in [5.41, 5.74) is 16.5. The Morgan fingerprint density at radius 3 is 1.12 bits per heavy atom. The highest BCUT2D eigenvalue weighted by Crippen LogP contribution is 2.45. The number of aromatic nitrogens is 2. The lowest BCUT2D eigenvalue weighted by Gasteiger charge is -2.26. The van der Waals surface area contributed by atoms with E-state index < -0.39 is 0 Å². The molecule has 0 aliphatic rings. The van der Waals surface area contributed by atoms with E-state index in [1.165, 1.54) is 32.7 Å². The molecule has 0 bridgehead atoms. The topological polar surface area (TPSA) is 26.2 Å². The van der Waals surface area contributed by atoms with Gasteiger partial charge in [-0.1, -0.05) is 152 Å². The number of fused-ring (bicyclic) bond motifs is 11. The highest BCUT2D eigenvalue weighted by Gasteiger charge is 2.23. The molecule has 300 valence electrons. The monoisotopic (exact) mass is 817 g/mol. The first kappa shape index (κ1) is 36.1. The zero-order valence-corrected chi connectivity index (χ0v) is 34.8. The fraction of sp³-hybridized carbons (Fsp3) is 0. The van der Waals surface area contributed by atoms with Crippen LogP contribution in [0.1, 0.15) is 0 Å². The van der Waals surface area contributed by atoms with Crippen molar-refractivity contribution in [3.8, 4) is 33.6 Å². The van der Waals surface area contributed by atoms with Crippen LogP contribution in [0.3, 0.4) is 0 Å². The normalized spacial score (nSPS) is 11.8. The van der Waals surface area contributed by atoms with E-state index in [-0.39, 0.29) is 0 Å². The quantitative estimate of drug-likeness (QED) is 0.160. The standard InChI is InChI=1S/C60H39N3O/c1-4-14-40(15-5-1)41-24-30-46(31-25-41)61(44-16-6-2-7-17-44)47-32-26-42(27-33-47)43-28-34-48(35-29-43)63-56-23-13-11-21-50(56)52-37-39-54-53-38-36-51-49-20-10-12-22-55(49)62(45-18-8-3-9-19-45)57(51)59(53)64-60(54)58(52)63/h1-39H. The van der Waals surface area contributed by atoms with Crippen molar-refractivity contribution in [2.45, 2.75) is 0 Å². The molecule has 10 aromatic carbocycles. The van der Waals surface area contributed by atoms with Crippen molar-refractivity contribution in [1.29, 1.82) is 0 Å². The van der Waals surface area contributed by atoms with Gasteiger partial charge in [-0.2, -0.15) is 0 Å². The summed E-state index contributed by atoms with van der Waals surface area (Å²) < 4.78 is 12.0. The number of anilines is 3. The Labute approximate surface area is 369 Å². The van der Waals surface area contributed by atoms with Crippen molar-refractivity contribution >= 4 is 82.6 Å². The first-order valence-corrected chi connectivity index (χ1v) is 21.8. The third-order valence-electron chi connectivity index (χ3n) is 12.9. The molecule has 13 rings (SSSR count). The minimum absolute atomic E-state index is 0.887. The van der Waals surface area contributed by atoms with Crippen molar-refractivity contribution in [3.05, 3.63) is 237 Å². The van der Waals surface area contributed by atoms with Gasteiger partial charge < -0.3 is 18.5 Å². The number of rotatable bonds is 7. The second-order valence-corrected chi connectivity index (χ2v) is 16.5. The highest BCUT2D eigenvalue weighted by atomic mass is 16.3. The van der Waals surface area contributed by atoms with Gasteiger partial charge in [-0.05, 0) is 107 Å². The summed E-state index contributed by atoms with van der Waals surface area (Å²) in [5.74, 6) is 0. The molecule has 0 fully saturated rings. The molecule has 0 unspecified atom stereocenters. The lowest BCUT2D eigenvalue weighted by Crippen LogP contribution is -2.09. The maximum absolute atomic E-state index is 7.23. The van der Waals surface area contributed by atoms with E-state index in [1.54, 1.807) is 0 Å². The summed E-state index contributed by atoms with van der Waals surface area (Å²) in [7, 11) is 0. The van der Waals surface area contributed by atoms with E-state index in [0.29, 0.717) is 0 Å². The first-order valence-electron chi connectivity index (χ1n) is 21.8. The molecule has 4 nitrogen and oxygen atoms in total. The molecule has 0 saturated heterocycles. The molecule has 4 heteroatoms. The summed E-state index contributed by atoms with van der Waals surface area (Å²) in [6.07, 6.45) is 0. The zero-order chi connectivity index (χ0) is 42.1. The highest BCUT2D eigenvalue weighted by molar-refractivity contribution is 6.26. The molecule has 0 saturated carbocycles. The molecule has 0 aliphatic carbocycles. The number of hydrogen-bond acceptors (Lipinski definition) is 2. The van der Waals surface area contributed by atoms with E-state index in [4.69, 9.17) is 4.42 Å². The van der Waals surface area contributed by atoms with Crippen LogP contribution in [0.4, 0.5) is 17.1 Å². The largest absolute Gasteiger partial charge is 0.452 e. The Bertz CT molecular complexity index is 3850. The summed E-state index contributed by atoms with van der Waals surface area (Å²) in [4.78, 5) is 2.31. The Hall–Kier alpha value is -8.60. The van der Waals surface area contributed by atoms with E-state index in [1.807, 2.05) is 0 Å². The van der Waals surface area contributed by atoms with Gasteiger partial charge in [-0.15, -0.1) is 0 Å². The molecule has 0 atom stereocenters. The van der Waals surface area contributed by atoms with E-state index in [2.05, 4.69) is 251 Å². The zero-order valence-electron chi connectivity index (χ0n) is 34.8. The summed E-state index contributed by atoms with van der Waals surface area (Å²) in [5, 5.41) is 6.96. The van der Waals surface area contributed by atoms with Gasteiger partial charge >= 0.3 is 0 Å². The average Bonchev–Trinajstić information content (AvgIpc) is 4.04. The minimum atomic E-state index is 0.887. The molecule has 0 amide bonds. The van der Waals surface area contributed by atoms with Crippen molar-refractivity contribution < 1.29 is 4.42 Å². The van der Waals surface area contributed by atoms with Crippen molar-refractivity contribution in [2.24, 2.45) is 0 Å². The van der Waals surface area contributed by atoms with Gasteiger partial charge in [0.05, 0.1) is 22.1 Å². The number of nitrogens with zero attached hydrogens (tertiary/aromatic N) is 3. The van der Waals surface area contributed by atoms with Crippen molar-refractivity contribution in [1.82, 2.24) is 9.13 Å². The molecular weight excluding hydrogens is 779 g/mol. The minimum Gasteiger partial charge on any atom is -0.452 e. The molecule has 3 aromatic heterocycles. The molecule has 64 heavy (non-hydrogen) atoms. The van der Waals surface area contributed by atoms with E-state index in [9.17, 15) is 0 Å². The molecule has 0 N–H and O–H groups in total. The van der Waals surface area contributed by atoms with Crippen LogP contribution in [0.5, 0.6) is 0 Å². The fourth-order valence-corrected chi connectivity index (χ4v) is 9.96. The van der Waals surface area contributed by atoms with Gasteiger partial charge in [-0.3, -0.25) is 0 Å². The fourth-order valence-electron chi connectivity index (χ4n) is 9.96. The van der Waals surface area contributed by atoms with Gasteiger partial charge in [0.1, 0.15) is 0 Å². The maximum atomic E-state index is 7.23. The number of benzene rings is 10. The smallest absolute Gasteiger partial charge is 0.160 e. The van der Waals surface area contributed by atoms with Crippen LogP contribution in [0.25, 0.3) is 99.2 Å². The molecule has 0 aliphatic heterocycles. The Balaban J connectivity index is 0.917. The van der Waals surface area contributed by atoms with Gasteiger partial charge in [-0.25, -0.2) is 0 Å². The maximum Gasteiger partial charge on any atom is 0.160 e. The summed E-state index contributed by atoms with van der Waals surface area (Å²) in [6.45, 7) is 0. The lowest BCUT2D eigenvalue weighted by molar-refractivity contribution is 0.673. The van der Waals surface area contributed by atoms with Crippen molar-refractivity contribution in [2.75, 3.05) is 4.90 Å². The van der Waals surface area contributed by atoms with Crippen LogP contribution in [-0.2, 0) is 0 Å². The SMILES string of the molecule is c1ccc(-c2ccc(N(c3ccccc3)c3ccc(-c4ccc(-n5c6ccccc6c6ccc7c8ccc9c%10ccccc%10n(-c%10ccccc%10)c9c8oc7c65)cc4)cc3)cc2)cc1. The van der Waals surface area contributed by atoms with Gasteiger partial charge in [0.15, 0.2) is 11.2 Å². The van der Waals surface area contributed by atoms with Crippen molar-refractivity contribution in [3.63, 3.8) is 0 Å². The second kappa shape index (κ2) is 14.5. The van der Waals surface area contributed by atoms with E-state index in [0.717, 1.165) is 83.6 Å². The Kier molecular flexibility index (Phi) is 8.18. The number of para-hydroxylation sites is 4. The Morgan fingerprint density at radius 2 is 0.625 bits per heavy atom. The summed E-state index contributed by atoms with van der Waals surface area (Å²) >= 11 is 0. The predicted octanol–water partition coefficient (Wildman–Crippen LogP) is 16.6. The number of hydrogen-bond donors (Lipinski definition) is 0. The molecule has 13 aromatic rings. The van der Waals surface area contributed by atoms with E-state index >= 15 is 0 Å². The Morgan fingerprint density at radius 1 is 0.266 bits per heavy atom. The number of furan rings is 1. The van der Waals surface area contributed by atoms with Gasteiger partial charge in [0.2, 0.25) is 0 Å². The molecular formula is C60H39N3O. The lowest BCUT2D eigenvalue weighted by atomic mass is 10.0. The second-order valence-electron chi connectivity index (χ2n) is 16.5. The molecule has 0 spiro atoms. The van der Waals surface area contributed by atoms with Crippen LogP contribution in [0.15, 0.2) is 241 Å².